The van der Waals surface area contributed by atoms with Crippen molar-refractivity contribution in [1.82, 2.24) is 10.6 Å². The highest BCUT2D eigenvalue weighted by Gasteiger charge is 2.00. The fourth-order valence-electron chi connectivity index (χ4n) is 1.12. The van der Waals surface area contributed by atoms with Crippen molar-refractivity contribution in [1.29, 1.82) is 0 Å². The first-order valence-corrected chi connectivity index (χ1v) is 6.43. The third-order valence-corrected chi connectivity index (χ3v) is 2.25. The predicted molar refractivity (Wildman–Crippen MR) is 78.5 cm³/mol. The lowest BCUT2D eigenvalue weighted by molar-refractivity contribution is -0.109. The lowest BCUT2D eigenvalue weighted by Crippen LogP contribution is -2.29. The number of amides is 3. The van der Waals surface area contributed by atoms with Gasteiger partial charge in [-0.05, 0) is 24.6 Å². The summed E-state index contributed by atoms with van der Waals surface area (Å²) in [6, 6.07) is 6.88. The zero-order valence-corrected chi connectivity index (χ0v) is 12.0. The van der Waals surface area contributed by atoms with Gasteiger partial charge in [0.1, 0.15) is 0 Å². The molecule has 3 N–H and O–H groups in total. The molecule has 0 aliphatic rings. The van der Waals surface area contributed by atoms with Crippen LogP contribution in [0.5, 0.6) is 0 Å². The van der Waals surface area contributed by atoms with Crippen molar-refractivity contribution < 1.29 is 9.59 Å². The number of rotatable bonds is 5. The van der Waals surface area contributed by atoms with Gasteiger partial charge in [0, 0.05) is 24.3 Å². The Morgan fingerprint density at radius 2 is 2.11 bits per heavy atom. The second-order valence-corrected chi connectivity index (χ2v) is 4.09. The number of hydrogen-bond donors (Lipinski definition) is 3. The van der Waals surface area contributed by atoms with Gasteiger partial charge in [-0.15, -0.1) is 0 Å². The molecule has 6 heteroatoms. The third-order valence-electron chi connectivity index (χ3n) is 2.02. The molecule has 0 aliphatic carbocycles. The van der Waals surface area contributed by atoms with Gasteiger partial charge in [-0.3, -0.25) is 4.79 Å². The molecule has 19 heavy (non-hydrogen) atoms. The zero-order chi connectivity index (χ0) is 14.5. The first-order chi connectivity index (χ1) is 9.13. The SMILES string of the molecule is CCCCNC(=O)Nc1cccc(Cl)c1.CNC=O. The standard InChI is InChI=1S/C11H15ClN2O.C2H5NO/c1-2-3-7-13-11(15)14-10-6-4-5-9(12)8-10;1-3-2-4/h4-6,8H,2-3,7H2,1H3,(H2,13,14,15);2H,1H3,(H,3,4). The maximum atomic E-state index is 11.3. The number of nitrogens with one attached hydrogen (secondary N) is 3. The molecule has 0 bridgehead atoms. The maximum Gasteiger partial charge on any atom is 0.319 e. The van der Waals surface area contributed by atoms with Crippen LogP contribution in [0.2, 0.25) is 5.02 Å². The molecule has 0 radical (unpaired) electrons. The molecule has 1 aromatic carbocycles. The van der Waals surface area contributed by atoms with Gasteiger partial charge < -0.3 is 16.0 Å². The minimum atomic E-state index is -0.189. The van der Waals surface area contributed by atoms with E-state index in [2.05, 4.69) is 22.9 Å². The summed E-state index contributed by atoms with van der Waals surface area (Å²) in [6.07, 6.45) is 2.68. The summed E-state index contributed by atoms with van der Waals surface area (Å²) in [4.78, 5) is 20.4. The lowest BCUT2D eigenvalue weighted by atomic mass is 10.3. The van der Waals surface area contributed by atoms with Crippen LogP contribution in [0, 0.1) is 0 Å². The molecule has 0 unspecified atom stereocenters. The molecule has 5 nitrogen and oxygen atoms in total. The van der Waals surface area contributed by atoms with Gasteiger partial charge in [0.15, 0.2) is 0 Å². The molecule has 0 heterocycles. The summed E-state index contributed by atoms with van der Waals surface area (Å²) < 4.78 is 0. The fraction of sp³-hybridized carbons (Fsp3) is 0.385. The molecule has 1 rings (SSSR count). The van der Waals surface area contributed by atoms with Crippen molar-refractivity contribution >= 4 is 29.7 Å². The van der Waals surface area contributed by atoms with Gasteiger partial charge >= 0.3 is 6.03 Å². The first kappa shape index (κ1) is 17.2. The Morgan fingerprint density at radius 3 is 2.63 bits per heavy atom. The zero-order valence-electron chi connectivity index (χ0n) is 11.2. The highest BCUT2D eigenvalue weighted by Crippen LogP contribution is 2.14. The predicted octanol–water partition coefficient (Wildman–Crippen LogP) is 2.62. The van der Waals surface area contributed by atoms with Crippen LogP contribution in [0.15, 0.2) is 24.3 Å². The molecule has 0 spiro atoms. The van der Waals surface area contributed by atoms with Gasteiger partial charge in [0.2, 0.25) is 6.41 Å². The Balaban J connectivity index is 0.000000711. The fourth-order valence-corrected chi connectivity index (χ4v) is 1.31. The van der Waals surface area contributed by atoms with E-state index in [1.54, 1.807) is 31.3 Å². The smallest absolute Gasteiger partial charge is 0.319 e. The van der Waals surface area contributed by atoms with Crippen LogP contribution < -0.4 is 16.0 Å². The third kappa shape index (κ3) is 9.91. The van der Waals surface area contributed by atoms with Crippen molar-refractivity contribution in [2.45, 2.75) is 19.8 Å². The van der Waals surface area contributed by atoms with Crippen LogP contribution in [0.25, 0.3) is 0 Å². The molecule has 106 valence electrons. The largest absolute Gasteiger partial charge is 0.362 e. The van der Waals surface area contributed by atoms with Crippen molar-refractivity contribution in [3.05, 3.63) is 29.3 Å². The molecule has 0 fully saturated rings. The van der Waals surface area contributed by atoms with Crippen LogP contribution in [-0.4, -0.2) is 26.0 Å². The number of hydrogen-bond acceptors (Lipinski definition) is 2. The minimum absolute atomic E-state index is 0.189. The lowest BCUT2D eigenvalue weighted by Gasteiger charge is -2.06. The molecule has 0 saturated heterocycles. The molecule has 0 atom stereocenters. The monoisotopic (exact) mass is 285 g/mol. The number of anilines is 1. The molecule has 1 aromatic rings. The average Bonchev–Trinajstić information content (AvgIpc) is 2.39. The van der Waals surface area contributed by atoms with Gasteiger partial charge in [-0.1, -0.05) is 31.0 Å². The van der Waals surface area contributed by atoms with E-state index in [0.717, 1.165) is 12.8 Å². The molecular formula is C13H20ClN3O2. The van der Waals surface area contributed by atoms with Crippen molar-refractivity contribution in [3.63, 3.8) is 0 Å². The number of carbonyl (C=O) groups excluding carboxylic acids is 2. The summed E-state index contributed by atoms with van der Waals surface area (Å²) in [5.74, 6) is 0. The van der Waals surface area contributed by atoms with Crippen molar-refractivity contribution in [3.8, 4) is 0 Å². The van der Waals surface area contributed by atoms with E-state index in [1.165, 1.54) is 0 Å². The second-order valence-electron chi connectivity index (χ2n) is 3.65. The van der Waals surface area contributed by atoms with E-state index in [0.29, 0.717) is 23.7 Å². The van der Waals surface area contributed by atoms with Gasteiger partial charge in [0.25, 0.3) is 0 Å². The van der Waals surface area contributed by atoms with Crippen LogP contribution >= 0.6 is 11.6 Å². The van der Waals surface area contributed by atoms with E-state index < -0.39 is 0 Å². The number of urea groups is 1. The molecule has 3 amide bonds. The quantitative estimate of drug-likeness (QED) is 0.575. The van der Waals surface area contributed by atoms with Crippen molar-refractivity contribution in [2.75, 3.05) is 18.9 Å². The highest BCUT2D eigenvalue weighted by atomic mass is 35.5. The first-order valence-electron chi connectivity index (χ1n) is 6.05. The van der Waals surface area contributed by atoms with Crippen LogP contribution in [0.3, 0.4) is 0 Å². The van der Waals surface area contributed by atoms with E-state index in [9.17, 15) is 4.79 Å². The Morgan fingerprint density at radius 1 is 1.42 bits per heavy atom. The minimum Gasteiger partial charge on any atom is -0.362 e. The van der Waals surface area contributed by atoms with E-state index in [4.69, 9.17) is 16.4 Å². The Hall–Kier alpha value is -1.75. The Kier molecular flexibility index (Phi) is 10.3. The van der Waals surface area contributed by atoms with Gasteiger partial charge in [-0.2, -0.15) is 0 Å². The summed E-state index contributed by atoms with van der Waals surface area (Å²) in [5, 5.41) is 8.33. The summed E-state index contributed by atoms with van der Waals surface area (Å²) in [5.41, 5.74) is 0.705. The summed E-state index contributed by atoms with van der Waals surface area (Å²) in [6.45, 7) is 2.78. The maximum absolute atomic E-state index is 11.3. The Labute approximate surface area is 118 Å². The van der Waals surface area contributed by atoms with Crippen molar-refractivity contribution in [2.24, 2.45) is 0 Å². The van der Waals surface area contributed by atoms with Gasteiger partial charge in [-0.25, -0.2) is 4.79 Å². The molecule has 0 saturated carbocycles. The van der Waals surface area contributed by atoms with Crippen LogP contribution in [0.4, 0.5) is 10.5 Å². The summed E-state index contributed by atoms with van der Waals surface area (Å²) >= 11 is 5.78. The number of benzene rings is 1. The average molecular weight is 286 g/mol. The molecular weight excluding hydrogens is 266 g/mol. The normalized spacial score (nSPS) is 8.79. The highest BCUT2D eigenvalue weighted by molar-refractivity contribution is 6.30. The summed E-state index contributed by atoms with van der Waals surface area (Å²) in [7, 11) is 1.56. The number of unbranched alkanes of at least 4 members (excludes halogenated alkanes) is 1. The van der Waals surface area contributed by atoms with Crippen LogP contribution in [-0.2, 0) is 4.79 Å². The van der Waals surface area contributed by atoms with Crippen LogP contribution in [0.1, 0.15) is 19.8 Å². The topological polar surface area (TPSA) is 70.2 Å². The van der Waals surface area contributed by atoms with E-state index in [-0.39, 0.29) is 6.03 Å². The second kappa shape index (κ2) is 11.3. The van der Waals surface area contributed by atoms with Gasteiger partial charge in [0.05, 0.1) is 0 Å². The number of halogens is 1. The molecule has 0 aliphatic heterocycles. The Bertz CT molecular complexity index is 386. The van der Waals surface area contributed by atoms with E-state index >= 15 is 0 Å². The molecule has 0 aromatic heterocycles. The van der Waals surface area contributed by atoms with E-state index in [1.807, 2.05) is 0 Å². The number of carbonyl (C=O) groups is 2.